The average molecular weight is 497 g/mol. The number of pyridine rings is 1. The minimum atomic E-state index is -0.726. The van der Waals surface area contributed by atoms with Gasteiger partial charge in [0.1, 0.15) is 5.75 Å². The lowest BCUT2D eigenvalue weighted by atomic mass is 9.79. The van der Waals surface area contributed by atoms with Crippen molar-refractivity contribution in [3.8, 4) is 5.75 Å². The largest absolute Gasteiger partial charge is 0.497 e. The molecule has 6 nitrogen and oxygen atoms in total. The number of likely N-dealkylation sites (tertiary alicyclic amines) is 1. The first-order chi connectivity index (χ1) is 17.0. The smallest absolute Gasteiger partial charge is 0.303 e. The minimum Gasteiger partial charge on any atom is -0.497 e. The van der Waals surface area contributed by atoms with Gasteiger partial charge >= 0.3 is 5.97 Å². The summed E-state index contributed by atoms with van der Waals surface area (Å²) in [4.78, 5) is 18.2. The zero-order valence-corrected chi connectivity index (χ0v) is 21.3. The molecular weight excluding hydrogens is 460 g/mol. The molecule has 0 unspecified atom stereocenters. The van der Waals surface area contributed by atoms with Gasteiger partial charge in [-0.1, -0.05) is 0 Å². The topological polar surface area (TPSA) is 82.9 Å². The van der Waals surface area contributed by atoms with E-state index in [1.165, 1.54) is 5.56 Å². The van der Waals surface area contributed by atoms with Crippen molar-refractivity contribution < 1.29 is 19.7 Å². The highest BCUT2D eigenvalue weighted by molar-refractivity contribution is 7.07. The van der Waals surface area contributed by atoms with Gasteiger partial charge in [0.05, 0.1) is 18.7 Å². The number of aryl methyl sites for hydroxylation is 1. The molecule has 1 aromatic carbocycles. The number of aliphatic carboxylic acids is 1. The van der Waals surface area contributed by atoms with Gasteiger partial charge in [0.25, 0.3) is 0 Å². The molecule has 3 aromatic rings. The second kappa shape index (κ2) is 12.5. The third kappa shape index (κ3) is 7.03. The fourth-order valence-corrected chi connectivity index (χ4v) is 6.11. The van der Waals surface area contributed by atoms with Crippen LogP contribution in [0.3, 0.4) is 0 Å². The van der Waals surface area contributed by atoms with Crippen LogP contribution in [0.15, 0.2) is 47.3 Å². The van der Waals surface area contributed by atoms with E-state index in [0.717, 1.165) is 67.5 Å². The van der Waals surface area contributed by atoms with E-state index in [-0.39, 0.29) is 6.42 Å². The number of thiophene rings is 1. The highest BCUT2D eigenvalue weighted by Crippen LogP contribution is 2.35. The average Bonchev–Trinajstić information content (AvgIpc) is 3.39. The Morgan fingerprint density at radius 3 is 2.91 bits per heavy atom. The van der Waals surface area contributed by atoms with Crippen LogP contribution in [0.25, 0.3) is 10.9 Å². The van der Waals surface area contributed by atoms with Crippen molar-refractivity contribution in [2.75, 3.05) is 26.7 Å². The Labute approximate surface area is 211 Å². The Kier molecular flexibility index (Phi) is 9.12. The minimum absolute atomic E-state index is 0.210. The van der Waals surface area contributed by atoms with Crippen molar-refractivity contribution in [2.45, 2.75) is 51.0 Å². The molecule has 3 heterocycles. The number of aliphatic hydroxyl groups excluding tert-OH is 1. The lowest BCUT2D eigenvalue weighted by Crippen LogP contribution is -2.41. The van der Waals surface area contributed by atoms with Crippen molar-refractivity contribution in [3.63, 3.8) is 0 Å². The first kappa shape index (κ1) is 25.6. The van der Waals surface area contributed by atoms with Gasteiger partial charge in [-0.3, -0.25) is 9.78 Å². The van der Waals surface area contributed by atoms with Gasteiger partial charge in [0, 0.05) is 24.5 Å². The van der Waals surface area contributed by atoms with E-state index in [4.69, 9.17) is 4.74 Å². The maximum atomic E-state index is 11.3. The summed E-state index contributed by atoms with van der Waals surface area (Å²) < 4.78 is 5.37. The summed E-state index contributed by atoms with van der Waals surface area (Å²) in [5.74, 6) is 0.803. The van der Waals surface area contributed by atoms with Gasteiger partial charge in [0.2, 0.25) is 0 Å². The van der Waals surface area contributed by atoms with Crippen molar-refractivity contribution >= 4 is 28.2 Å². The van der Waals surface area contributed by atoms with Crippen molar-refractivity contribution in [1.29, 1.82) is 0 Å². The van der Waals surface area contributed by atoms with E-state index in [1.807, 2.05) is 24.3 Å². The number of fused-ring (bicyclic) bond motifs is 1. The van der Waals surface area contributed by atoms with Gasteiger partial charge in [0.15, 0.2) is 0 Å². The zero-order chi connectivity index (χ0) is 24.6. The predicted molar refractivity (Wildman–Crippen MR) is 140 cm³/mol. The maximum absolute atomic E-state index is 11.3. The van der Waals surface area contributed by atoms with E-state index in [1.54, 1.807) is 24.6 Å². The van der Waals surface area contributed by atoms with E-state index in [2.05, 4.69) is 26.7 Å². The van der Waals surface area contributed by atoms with Gasteiger partial charge in [-0.15, -0.1) is 0 Å². The SMILES string of the molecule is COc1ccc2nccc([C@H](O)CC[C@@H]3CCN(CCCc4ccsc4)C[C@H]3CCC(=O)O)c2c1. The second-order valence-corrected chi connectivity index (χ2v) is 10.4. The van der Waals surface area contributed by atoms with Crippen LogP contribution in [0.5, 0.6) is 5.75 Å². The monoisotopic (exact) mass is 496 g/mol. The van der Waals surface area contributed by atoms with Gasteiger partial charge < -0.3 is 19.8 Å². The standard InChI is InChI=1S/C28H36N2O4S/c1-34-23-6-7-26-25(17-23)24(10-13-29-26)27(31)8-4-21-11-15-30(18-22(21)5-9-28(32)33)14-2-3-20-12-16-35-19-20/h6-7,10,12-13,16-17,19,21-22,27,31H,2-5,8-9,11,14-15,18H2,1H3,(H,32,33)/t21-,22-,27-/m1/s1. The molecule has 0 amide bonds. The molecule has 1 fully saturated rings. The van der Waals surface area contributed by atoms with Gasteiger partial charge in [-0.05, 0) is 116 Å². The number of aromatic nitrogens is 1. The number of carboxylic acid groups (broad SMARTS) is 1. The molecule has 1 aliphatic rings. The second-order valence-electron chi connectivity index (χ2n) is 9.65. The van der Waals surface area contributed by atoms with Gasteiger partial charge in [-0.2, -0.15) is 11.3 Å². The van der Waals surface area contributed by atoms with Crippen LogP contribution < -0.4 is 4.74 Å². The number of rotatable bonds is 12. The van der Waals surface area contributed by atoms with Gasteiger partial charge in [-0.25, -0.2) is 0 Å². The summed E-state index contributed by atoms with van der Waals surface area (Å²) in [6, 6.07) is 9.82. The van der Waals surface area contributed by atoms with Crippen LogP contribution in [-0.2, 0) is 11.2 Å². The predicted octanol–water partition coefficient (Wildman–Crippen LogP) is 5.55. The first-order valence-electron chi connectivity index (χ1n) is 12.6. The Bertz CT molecular complexity index is 1090. The van der Waals surface area contributed by atoms with Crippen molar-refractivity contribution in [3.05, 3.63) is 58.4 Å². The number of carboxylic acids is 1. The van der Waals surface area contributed by atoms with E-state index in [9.17, 15) is 15.0 Å². The molecule has 1 aliphatic heterocycles. The lowest BCUT2D eigenvalue weighted by molar-refractivity contribution is -0.137. The molecule has 3 atom stereocenters. The summed E-state index contributed by atoms with van der Waals surface area (Å²) in [5.41, 5.74) is 3.13. The Morgan fingerprint density at radius 2 is 2.14 bits per heavy atom. The third-order valence-corrected chi connectivity index (χ3v) is 8.11. The van der Waals surface area contributed by atoms with Crippen molar-refractivity contribution in [1.82, 2.24) is 9.88 Å². The lowest BCUT2D eigenvalue weighted by Gasteiger charge is -2.39. The summed E-state index contributed by atoms with van der Waals surface area (Å²) in [7, 11) is 1.64. The van der Waals surface area contributed by atoms with Crippen LogP contribution in [-0.4, -0.2) is 52.8 Å². The number of piperidine rings is 1. The number of nitrogens with zero attached hydrogens (tertiary/aromatic N) is 2. The number of carbonyl (C=O) groups is 1. The summed E-state index contributed by atoms with van der Waals surface area (Å²) in [6.07, 6.45) is 6.90. The summed E-state index contributed by atoms with van der Waals surface area (Å²) in [5, 5.41) is 25.7. The number of ether oxygens (including phenoxy) is 1. The van der Waals surface area contributed by atoms with Crippen LogP contribution in [0.2, 0.25) is 0 Å². The molecule has 0 spiro atoms. The zero-order valence-electron chi connectivity index (χ0n) is 20.4. The van der Waals surface area contributed by atoms with Crippen LogP contribution in [0, 0.1) is 11.8 Å². The van der Waals surface area contributed by atoms with Crippen LogP contribution in [0.4, 0.5) is 0 Å². The van der Waals surface area contributed by atoms with E-state index in [0.29, 0.717) is 24.7 Å². The highest BCUT2D eigenvalue weighted by Gasteiger charge is 2.30. The fourth-order valence-electron chi connectivity index (χ4n) is 5.41. The molecule has 35 heavy (non-hydrogen) atoms. The normalized spacial score (nSPS) is 19.6. The molecule has 188 valence electrons. The van der Waals surface area contributed by atoms with E-state index >= 15 is 0 Å². The maximum Gasteiger partial charge on any atom is 0.303 e. The Hall–Kier alpha value is -2.48. The van der Waals surface area contributed by atoms with E-state index < -0.39 is 12.1 Å². The molecule has 2 aromatic heterocycles. The quantitative estimate of drug-likeness (QED) is 0.342. The Balaban J connectivity index is 1.36. The first-order valence-corrected chi connectivity index (χ1v) is 13.5. The van der Waals surface area contributed by atoms with Crippen LogP contribution >= 0.6 is 11.3 Å². The molecule has 1 saturated heterocycles. The molecule has 0 saturated carbocycles. The molecular formula is C28H36N2O4S. The summed E-state index contributed by atoms with van der Waals surface area (Å²) >= 11 is 1.74. The number of benzene rings is 1. The van der Waals surface area contributed by atoms with Crippen molar-refractivity contribution in [2.24, 2.45) is 11.8 Å². The molecule has 7 heteroatoms. The highest BCUT2D eigenvalue weighted by atomic mass is 32.1. The number of methoxy groups -OCH3 is 1. The van der Waals surface area contributed by atoms with Crippen LogP contribution in [0.1, 0.15) is 55.8 Å². The third-order valence-electron chi connectivity index (χ3n) is 7.38. The number of aliphatic hydroxyl groups is 1. The molecule has 0 bridgehead atoms. The molecule has 0 aliphatic carbocycles. The molecule has 2 N–H and O–H groups in total. The number of hydrogen-bond donors (Lipinski definition) is 2. The fraction of sp³-hybridized carbons (Fsp3) is 0.500. The molecule has 0 radical (unpaired) electrons. The Morgan fingerprint density at radius 1 is 1.26 bits per heavy atom. The molecule has 4 rings (SSSR count). The number of hydrogen-bond acceptors (Lipinski definition) is 6. The summed E-state index contributed by atoms with van der Waals surface area (Å²) in [6.45, 7) is 3.05.